The summed E-state index contributed by atoms with van der Waals surface area (Å²) >= 11 is 0. The molecule has 0 bridgehead atoms. The molecular weight excluding hydrogens is 1120 g/mol. The minimum absolute atomic E-state index is 0.0313. The quantitative estimate of drug-likeness (QED) is 0.0205. The van der Waals surface area contributed by atoms with E-state index in [1.165, 1.54) is 148 Å². The van der Waals surface area contributed by atoms with Gasteiger partial charge in [0.1, 0.15) is 19.3 Å². The van der Waals surface area contributed by atoms with Gasteiger partial charge in [-0.25, -0.2) is 4.57 Å². The van der Waals surface area contributed by atoms with Crippen molar-refractivity contribution in [2.45, 2.75) is 328 Å². The third-order valence-electron chi connectivity index (χ3n) is 15.9. The standard InChI is InChI=1S/C79H139N2O7P/c1-7-10-13-16-19-22-25-28-30-32-34-36-38-40-42-44-46-48-50-53-56-59-62-65-68-71-78(82)80-76(75-87-89(84,85)86-74-73-81(4,5)6)77(70-67-64-61-58-55-52-27-24-21-18-15-12-9-3)88-79(83)72-69-66-63-60-57-54-51-49-47-45-43-41-39-37-35-33-31-29-26-23-20-17-14-11-8-2/h10,13,19-20,22-23,28-31,34-37,40,42,46,48,67,70,76-77H,7-9,11-12,14-18,21,24-27,32-33,38-39,41,43-45,47,49-66,68-69,71-75H2,1-6H3,(H-,80,82,84,85)/p+1/b13-10-,22-19-,23-20-,30-28-,31-29-,36-34-,37-35-,42-40-,48-46-,70-67+. The number of rotatable bonds is 66. The molecule has 2 N–H and O–H groups in total. The number of hydrogen-bond donors (Lipinski definition) is 2. The van der Waals surface area contributed by atoms with Gasteiger partial charge in [0.2, 0.25) is 5.91 Å². The summed E-state index contributed by atoms with van der Waals surface area (Å²) in [6.07, 6.45) is 94.9. The number of carbonyl (C=O) groups excluding carboxylic acids is 2. The molecule has 0 aromatic carbocycles. The maximum atomic E-state index is 13.6. The van der Waals surface area contributed by atoms with Crippen LogP contribution in [0.1, 0.15) is 316 Å². The Morgan fingerprint density at radius 2 is 0.719 bits per heavy atom. The first kappa shape index (κ1) is 85.4. The molecule has 0 aliphatic rings. The van der Waals surface area contributed by atoms with Crippen LogP contribution in [0, 0.1) is 0 Å². The van der Waals surface area contributed by atoms with E-state index in [0.717, 1.165) is 135 Å². The van der Waals surface area contributed by atoms with Crippen molar-refractivity contribution in [1.29, 1.82) is 0 Å². The van der Waals surface area contributed by atoms with Gasteiger partial charge in [0.25, 0.3) is 0 Å². The topological polar surface area (TPSA) is 111 Å². The Balaban J connectivity index is 5.12. The number of nitrogens with one attached hydrogen (secondary N) is 1. The summed E-state index contributed by atoms with van der Waals surface area (Å²) in [6.45, 7) is 6.88. The molecule has 3 unspecified atom stereocenters. The lowest BCUT2D eigenvalue weighted by molar-refractivity contribution is -0.870. The molecule has 0 heterocycles. The first-order valence-corrected chi connectivity index (χ1v) is 38.4. The lowest BCUT2D eigenvalue weighted by atomic mass is 10.0. The second-order valence-electron chi connectivity index (χ2n) is 25.7. The molecule has 1 amide bonds. The SMILES string of the molecule is CC/C=C\C/C=C\C/C=C\C/C=C\C/C=C\C/C=C\CCCCCCCCC(=O)NC(COP(=O)(O)OCC[N+](C)(C)C)C(/C=C/CCCCCCCCCCCCC)OC(=O)CCCCCCCCCCCCCC/C=C\C/C=C\C/C=C\CCCCC. The van der Waals surface area contributed by atoms with Crippen LogP contribution >= 0.6 is 7.82 Å². The predicted octanol–water partition coefficient (Wildman–Crippen LogP) is 23.8. The Morgan fingerprint density at radius 1 is 0.404 bits per heavy atom. The van der Waals surface area contributed by atoms with Gasteiger partial charge < -0.3 is 19.4 Å². The van der Waals surface area contributed by atoms with Crippen LogP contribution in [0.2, 0.25) is 0 Å². The molecule has 0 saturated heterocycles. The van der Waals surface area contributed by atoms with Gasteiger partial charge in [-0.15, -0.1) is 0 Å². The fraction of sp³-hybridized carbons (Fsp3) is 0.722. The van der Waals surface area contributed by atoms with Gasteiger partial charge in [0, 0.05) is 12.8 Å². The van der Waals surface area contributed by atoms with Crippen LogP contribution < -0.4 is 5.32 Å². The van der Waals surface area contributed by atoms with Crippen LogP contribution in [0.3, 0.4) is 0 Å². The molecule has 10 heteroatoms. The number of carbonyl (C=O) groups is 2. The Hall–Kier alpha value is -3.59. The van der Waals surface area contributed by atoms with E-state index in [9.17, 15) is 19.0 Å². The lowest BCUT2D eigenvalue weighted by Gasteiger charge is -2.27. The Kier molecular flexibility index (Phi) is 64.6. The number of ether oxygens (including phenoxy) is 1. The molecule has 0 rings (SSSR count). The highest BCUT2D eigenvalue weighted by molar-refractivity contribution is 7.47. The second-order valence-corrected chi connectivity index (χ2v) is 27.2. The summed E-state index contributed by atoms with van der Waals surface area (Å²) in [5.41, 5.74) is 0. The van der Waals surface area contributed by atoms with Gasteiger partial charge in [-0.1, -0.05) is 303 Å². The van der Waals surface area contributed by atoms with Crippen LogP contribution in [-0.4, -0.2) is 74.3 Å². The number of likely N-dealkylation sites (N-methyl/N-ethyl adjacent to an activating group) is 1. The average Bonchev–Trinajstić information content (AvgIpc) is 3.67. The maximum Gasteiger partial charge on any atom is 0.472 e. The molecule has 0 aliphatic carbocycles. The van der Waals surface area contributed by atoms with Crippen LogP contribution in [0.4, 0.5) is 0 Å². The molecule has 0 saturated carbocycles. The van der Waals surface area contributed by atoms with Crippen molar-refractivity contribution in [3.63, 3.8) is 0 Å². The normalized spacial score (nSPS) is 14.2. The molecule has 3 atom stereocenters. The lowest BCUT2D eigenvalue weighted by Crippen LogP contribution is -2.47. The summed E-state index contributed by atoms with van der Waals surface area (Å²) in [6, 6.07) is -0.867. The largest absolute Gasteiger partial charge is 0.472 e. The Bertz CT molecular complexity index is 1940. The molecule has 0 spiro atoms. The van der Waals surface area contributed by atoms with Crippen molar-refractivity contribution in [2.24, 2.45) is 0 Å². The van der Waals surface area contributed by atoms with Crippen molar-refractivity contribution in [1.82, 2.24) is 5.32 Å². The predicted molar refractivity (Wildman–Crippen MR) is 387 cm³/mol. The van der Waals surface area contributed by atoms with Gasteiger partial charge in [-0.3, -0.25) is 18.6 Å². The molecule has 0 aromatic rings. The summed E-state index contributed by atoms with van der Waals surface area (Å²) in [5, 5.41) is 3.07. The van der Waals surface area contributed by atoms with Crippen LogP contribution in [0.15, 0.2) is 122 Å². The molecular formula is C79H140N2O7P+. The van der Waals surface area contributed by atoms with Gasteiger partial charge in [0.15, 0.2) is 0 Å². The highest BCUT2D eigenvalue weighted by atomic mass is 31.2. The van der Waals surface area contributed by atoms with Crippen LogP contribution in [0.25, 0.3) is 0 Å². The summed E-state index contributed by atoms with van der Waals surface area (Å²) in [7, 11) is 1.48. The van der Waals surface area contributed by atoms with Crippen molar-refractivity contribution in [3.05, 3.63) is 122 Å². The molecule has 0 aromatic heterocycles. The van der Waals surface area contributed by atoms with Crippen molar-refractivity contribution in [3.8, 4) is 0 Å². The number of amides is 1. The number of phosphoric ester groups is 1. The van der Waals surface area contributed by atoms with E-state index in [2.05, 4.69) is 135 Å². The third kappa shape index (κ3) is 68.6. The van der Waals surface area contributed by atoms with Gasteiger partial charge >= 0.3 is 13.8 Å². The number of esters is 1. The van der Waals surface area contributed by atoms with E-state index < -0.39 is 20.0 Å². The van der Waals surface area contributed by atoms with Crippen molar-refractivity contribution in [2.75, 3.05) is 40.9 Å². The Labute approximate surface area is 550 Å². The second kappa shape index (κ2) is 67.3. The van der Waals surface area contributed by atoms with Crippen molar-refractivity contribution >= 4 is 19.7 Å². The number of hydrogen-bond acceptors (Lipinski definition) is 6. The zero-order chi connectivity index (χ0) is 64.9. The smallest absolute Gasteiger partial charge is 0.456 e. The fourth-order valence-electron chi connectivity index (χ4n) is 10.2. The van der Waals surface area contributed by atoms with E-state index in [1.807, 2.05) is 33.3 Å². The molecule has 0 fully saturated rings. The first-order valence-electron chi connectivity index (χ1n) is 36.9. The zero-order valence-corrected chi connectivity index (χ0v) is 59.5. The highest BCUT2D eigenvalue weighted by Gasteiger charge is 2.30. The zero-order valence-electron chi connectivity index (χ0n) is 58.6. The van der Waals surface area contributed by atoms with E-state index in [0.29, 0.717) is 17.4 Å². The number of allylic oxidation sites excluding steroid dienone is 19. The average molecular weight is 1260 g/mol. The highest BCUT2D eigenvalue weighted by Crippen LogP contribution is 2.43. The van der Waals surface area contributed by atoms with Crippen LogP contribution in [-0.2, 0) is 27.9 Å². The molecule has 512 valence electrons. The van der Waals surface area contributed by atoms with E-state index in [1.54, 1.807) is 0 Å². The fourth-order valence-corrected chi connectivity index (χ4v) is 11.0. The summed E-state index contributed by atoms with van der Waals surface area (Å²) in [5.74, 6) is -0.523. The van der Waals surface area contributed by atoms with Gasteiger partial charge in [0.05, 0.1) is 33.8 Å². The molecule has 0 radical (unpaired) electrons. The number of unbranched alkanes of at least 4 members (excludes halogenated alkanes) is 32. The number of quaternary nitrogens is 1. The van der Waals surface area contributed by atoms with E-state index in [4.69, 9.17) is 13.8 Å². The van der Waals surface area contributed by atoms with Crippen molar-refractivity contribution < 1.29 is 37.3 Å². The number of nitrogens with zero attached hydrogens (tertiary/aromatic N) is 1. The van der Waals surface area contributed by atoms with Crippen LogP contribution in [0.5, 0.6) is 0 Å². The minimum Gasteiger partial charge on any atom is -0.456 e. The number of phosphoric acid groups is 1. The Morgan fingerprint density at radius 3 is 1.10 bits per heavy atom. The first-order chi connectivity index (χ1) is 43.4. The maximum absolute atomic E-state index is 13.6. The molecule has 9 nitrogen and oxygen atoms in total. The monoisotopic (exact) mass is 1260 g/mol. The van der Waals surface area contributed by atoms with E-state index in [-0.39, 0.29) is 31.5 Å². The minimum atomic E-state index is -4.47. The van der Waals surface area contributed by atoms with E-state index >= 15 is 0 Å². The van der Waals surface area contributed by atoms with Gasteiger partial charge in [-0.2, -0.15) is 0 Å². The molecule has 0 aliphatic heterocycles. The third-order valence-corrected chi connectivity index (χ3v) is 16.9. The summed E-state index contributed by atoms with van der Waals surface area (Å²) in [4.78, 5) is 38.0. The van der Waals surface area contributed by atoms with Gasteiger partial charge in [-0.05, 0) is 122 Å². The summed E-state index contributed by atoms with van der Waals surface area (Å²) < 4.78 is 30.9. The molecule has 89 heavy (non-hydrogen) atoms.